The van der Waals surface area contributed by atoms with Crippen LogP contribution in [0.4, 0.5) is 0 Å². The average molecular weight is 269 g/mol. The van der Waals surface area contributed by atoms with Gasteiger partial charge in [-0.3, -0.25) is 9.88 Å². The Labute approximate surface area is 121 Å². The van der Waals surface area contributed by atoms with Crippen molar-refractivity contribution in [1.29, 1.82) is 0 Å². The molecular formula is C17H23N3. The van der Waals surface area contributed by atoms with Gasteiger partial charge in [-0.15, -0.1) is 0 Å². The number of aryl methyl sites for hydroxylation is 1. The quantitative estimate of drug-likeness (QED) is 0.928. The smallest absolute Gasteiger partial charge is 0.0737 e. The Kier molecular flexibility index (Phi) is 3.72. The zero-order valence-corrected chi connectivity index (χ0v) is 12.7. The predicted octanol–water partition coefficient (Wildman–Crippen LogP) is 2.64. The van der Waals surface area contributed by atoms with Crippen molar-refractivity contribution >= 4 is 10.9 Å². The molecule has 0 fully saturated rings. The van der Waals surface area contributed by atoms with Crippen LogP contribution in [0, 0.1) is 6.92 Å². The third kappa shape index (κ3) is 2.21. The van der Waals surface area contributed by atoms with Crippen LogP contribution in [-0.4, -0.2) is 30.0 Å². The maximum atomic E-state index is 4.97. The minimum absolute atomic E-state index is 0.919. The monoisotopic (exact) mass is 269 g/mol. The summed E-state index contributed by atoms with van der Waals surface area (Å²) in [5, 5.41) is 4.65. The van der Waals surface area contributed by atoms with Gasteiger partial charge in [0.05, 0.1) is 5.52 Å². The van der Waals surface area contributed by atoms with E-state index >= 15 is 0 Å². The van der Waals surface area contributed by atoms with E-state index in [4.69, 9.17) is 4.98 Å². The van der Waals surface area contributed by atoms with Gasteiger partial charge < -0.3 is 5.32 Å². The largest absolute Gasteiger partial charge is 0.316 e. The van der Waals surface area contributed by atoms with Crippen LogP contribution in [-0.2, 0) is 19.5 Å². The molecule has 0 spiro atoms. The van der Waals surface area contributed by atoms with Gasteiger partial charge in [-0.1, -0.05) is 25.1 Å². The number of rotatable bonds is 3. The molecule has 20 heavy (non-hydrogen) atoms. The Bertz CT molecular complexity index is 634. The number of nitrogens with one attached hydrogen (secondary N) is 1. The molecule has 3 nitrogen and oxygen atoms in total. The normalized spacial score (nSPS) is 15.6. The first kappa shape index (κ1) is 13.5. The lowest BCUT2D eigenvalue weighted by atomic mass is 9.94. The standard InChI is InChI=1S/C17H23N3/c1-4-20-9-8-16-15(11-20)14(10-18-3)13-7-5-6-12(2)17(13)19-16/h5-7,18H,4,8-11H2,1-3H3. The van der Waals surface area contributed by atoms with Gasteiger partial charge >= 0.3 is 0 Å². The minimum atomic E-state index is 0.919. The Morgan fingerprint density at radius 3 is 2.95 bits per heavy atom. The Balaban J connectivity index is 2.23. The van der Waals surface area contributed by atoms with Gasteiger partial charge in [0.1, 0.15) is 0 Å². The first-order chi connectivity index (χ1) is 9.74. The molecule has 0 saturated heterocycles. The van der Waals surface area contributed by atoms with Crippen molar-refractivity contribution in [3.05, 3.63) is 40.6 Å². The number of aromatic nitrogens is 1. The highest BCUT2D eigenvalue weighted by Gasteiger charge is 2.21. The van der Waals surface area contributed by atoms with E-state index in [-0.39, 0.29) is 0 Å². The van der Waals surface area contributed by atoms with Crippen LogP contribution >= 0.6 is 0 Å². The number of fused-ring (bicyclic) bond motifs is 2. The van der Waals surface area contributed by atoms with E-state index < -0.39 is 0 Å². The third-order valence-corrected chi connectivity index (χ3v) is 4.37. The average Bonchev–Trinajstić information content (AvgIpc) is 2.48. The molecule has 0 bridgehead atoms. The van der Waals surface area contributed by atoms with Gasteiger partial charge in [-0.05, 0) is 37.2 Å². The van der Waals surface area contributed by atoms with Gasteiger partial charge in [0, 0.05) is 37.1 Å². The Morgan fingerprint density at radius 2 is 2.20 bits per heavy atom. The molecule has 0 atom stereocenters. The molecule has 3 heteroatoms. The fraction of sp³-hybridized carbons (Fsp3) is 0.471. The van der Waals surface area contributed by atoms with E-state index in [0.29, 0.717) is 0 Å². The molecule has 1 N–H and O–H groups in total. The second kappa shape index (κ2) is 5.51. The van der Waals surface area contributed by atoms with Crippen LogP contribution in [0.2, 0.25) is 0 Å². The number of para-hydroxylation sites is 1. The second-order valence-corrected chi connectivity index (χ2v) is 5.64. The summed E-state index contributed by atoms with van der Waals surface area (Å²) in [7, 11) is 2.02. The van der Waals surface area contributed by atoms with Gasteiger partial charge in [0.15, 0.2) is 0 Å². The molecule has 1 aromatic heterocycles. The maximum Gasteiger partial charge on any atom is 0.0737 e. The molecule has 106 valence electrons. The zero-order valence-electron chi connectivity index (χ0n) is 12.7. The second-order valence-electron chi connectivity index (χ2n) is 5.64. The van der Waals surface area contributed by atoms with E-state index in [9.17, 15) is 0 Å². The van der Waals surface area contributed by atoms with Gasteiger partial charge in [0.2, 0.25) is 0 Å². The van der Waals surface area contributed by atoms with Crippen molar-refractivity contribution in [3.63, 3.8) is 0 Å². The summed E-state index contributed by atoms with van der Waals surface area (Å²) < 4.78 is 0. The summed E-state index contributed by atoms with van der Waals surface area (Å²) in [6.45, 7) is 8.60. The molecule has 2 heterocycles. The van der Waals surface area contributed by atoms with Crippen LogP contribution in [0.5, 0.6) is 0 Å². The third-order valence-electron chi connectivity index (χ3n) is 4.37. The fourth-order valence-electron chi connectivity index (χ4n) is 3.20. The molecule has 0 radical (unpaired) electrons. The summed E-state index contributed by atoms with van der Waals surface area (Å²) in [5.74, 6) is 0. The van der Waals surface area contributed by atoms with E-state index in [1.54, 1.807) is 0 Å². The first-order valence-corrected chi connectivity index (χ1v) is 7.51. The highest BCUT2D eigenvalue weighted by Crippen LogP contribution is 2.29. The SMILES string of the molecule is CCN1CCc2nc3c(C)cccc3c(CNC)c2C1. The molecule has 1 aliphatic heterocycles. The van der Waals surface area contributed by atoms with E-state index in [0.717, 1.165) is 32.6 Å². The maximum absolute atomic E-state index is 4.97. The van der Waals surface area contributed by atoms with Crippen LogP contribution in [0.3, 0.4) is 0 Å². The molecule has 0 aliphatic carbocycles. The van der Waals surface area contributed by atoms with E-state index in [1.807, 2.05) is 7.05 Å². The minimum Gasteiger partial charge on any atom is -0.316 e. The van der Waals surface area contributed by atoms with Gasteiger partial charge in [-0.2, -0.15) is 0 Å². The van der Waals surface area contributed by atoms with Crippen LogP contribution in [0.15, 0.2) is 18.2 Å². The van der Waals surface area contributed by atoms with Crippen molar-refractivity contribution in [2.24, 2.45) is 0 Å². The molecule has 3 rings (SSSR count). The highest BCUT2D eigenvalue weighted by molar-refractivity contribution is 5.86. The van der Waals surface area contributed by atoms with Crippen molar-refractivity contribution < 1.29 is 0 Å². The summed E-state index contributed by atoms with van der Waals surface area (Å²) in [6.07, 6.45) is 1.07. The number of likely N-dealkylation sites (N-methyl/N-ethyl adjacent to an activating group) is 1. The van der Waals surface area contributed by atoms with E-state index in [2.05, 4.69) is 42.3 Å². The van der Waals surface area contributed by atoms with Crippen molar-refractivity contribution in [1.82, 2.24) is 15.2 Å². The molecule has 0 unspecified atom stereocenters. The summed E-state index contributed by atoms with van der Waals surface area (Å²) in [6, 6.07) is 6.52. The molecule has 2 aromatic rings. The lowest BCUT2D eigenvalue weighted by Gasteiger charge is -2.29. The van der Waals surface area contributed by atoms with Crippen molar-refractivity contribution in [2.75, 3.05) is 20.1 Å². The topological polar surface area (TPSA) is 28.2 Å². The zero-order chi connectivity index (χ0) is 14.1. The fourth-order valence-corrected chi connectivity index (χ4v) is 3.20. The number of nitrogens with zero attached hydrogens (tertiary/aromatic N) is 2. The summed E-state index contributed by atoms with van der Waals surface area (Å²) in [5.41, 5.74) is 6.66. The number of benzene rings is 1. The summed E-state index contributed by atoms with van der Waals surface area (Å²) in [4.78, 5) is 7.48. The molecule has 1 aliphatic rings. The Morgan fingerprint density at radius 1 is 1.35 bits per heavy atom. The predicted molar refractivity (Wildman–Crippen MR) is 83.9 cm³/mol. The lowest BCUT2D eigenvalue weighted by molar-refractivity contribution is 0.265. The molecule has 0 amide bonds. The molecular weight excluding hydrogens is 246 g/mol. The summed E-state index contributed by atoms with van der Waals surface area (Å²) >= 11 is 0. The Hall–Kier alpha value is -1.45. The lowest BCUT2D eigenvalue weighted by Crippen LogP contribution is -2.32. The number of hydrogen-bond acceptors (Lipinski definition) is 3. The van der Waals surface area contributed by atoms with Gasteiger partial charge in [0.25, 0.3) is 0 Å². The van der Waals surface area contributed by atoms with Crippen LogP contribution in [0.1, 0.15) is 29.3 Å². The van der Waals surface area contributed by atoms with Crippen molar-refractivity contribution in [3.8, 4) is 0 Å². The van der Waals surface area contributed by atoms with Crippen LogP contribution < -0.4 is 5.32 Å². The molecule has 1 aromatic carbocycles. The van der Waals surface area contributed by atoms with Crippen molar-refractivity contribution in [2.45, 2.75) is 33.4 Å². The number of pyridine rings is 1. The highest BCUT2D eigenvalue weighted by atomic mass is 15.1. The number of hydrogen-bond donors (Lipinski definition) is 1. The van der Waals surface area contributed by atoms with Crippen LogP contribution in [0.25, 0.3) is 10.9 Å². The van der Waals surface area contributed by atoms with Gasteiger partial charge in [-0.25, -0.2) is 0 Å². The van der Waals surface area contributed by atoms with E-state index in [1.165, 1.54) is 33.3 Å². The molecule has 0 saturated carbocycles. The first-order valence-electron chi connectivity index (χ1n) is 7.51.